The number of amides is 3. The lowest BCUT2D eigenvalue weighted by molar-refractivity contribution is -0.132. The molecule has 0 radical (unpaired) electrons. The molecular weight excluding hydrogens is 394 g/mol. The number of benzene rings is 2. The minimum atomic E-state index is -1.18. The van der Waals surface area contributed by atoms with Crippen LogP contribution in [-0.4, -0.2) is 41.2 Å². The number of nitrogens with one attached hydrogen (secondary N) is 1. The summed E-state index contributed by atoms with van der Waals surface area (Å²) in [5.74, 6) is 0.493. The number of hydrogen-bond donors (Lipinski definition) is 2. The van der Waals surface area contributed by atoms with Gasteiger partial charge in [0.1, 0.15) is 24.0 Å². The Bertz CT molecular complexity index is 979. The van der Waals surface area contributed by atoms with Gasteiger partial charge in [0.15, 0.2) is 0 Å². The number of β-amino-alcohol motifs (C(OH)–C–C–N with tert-alkyl or cyclic N) is 1. The molecule has 162 valence electrons. The van der Waals surface area contributed by atoms with Gasteiger partial charge in [0, 0.05) is 0 Å². The molecule has 1 saturated heterocycles. The van der Waals surface area contributed by atoms with Crippen molar-refractivity contribution in [1.29, 1.82) is 5.26 Å². The first-order chi connectivity index (χ1) is 14.7. The quantitative estimate of drug-likeness (QED) is 0.638. The van der Waals surface area contributed by atoms with E-state index in [9.17, 15) is 14.7 Å². The molecule has 2 N–H and O–H groups in total. The van der Waals surface area contributed by atoms with Gasteiger partial charge in [0.25, 0.3) is 5.91 Å². The van der Waals surface area contributed by atoms with Crippen molar-refractivity contribution >= 4 is 11.9 Å². The lowest BCUT2D eigenvalue weighted by Gasteiger charge is -2.23. The Morgan fingerprint density at radius 2 is 1.77 bits per heavy atom. The number of imide groups is 1. The van der Waals surface area contributed by atoms with E-state index in [0.29, 0.717) is 23.7 Å². The summed E-state index contributed by atoms with van der Waals surface area (Å²) in [6.45, 7) is 5.60. The Balaban J connectivity index is 1.61. The molecule has 3 amide bonds. The molecule has 7 heteroatoms. The number of aliphatic hydroxyl groups is 1. The first-order valence-electron chi connectivity index (χ1n) is 10.3. The molecule has 0 aliphatic carbocycles. The molecule has 0 bridgehead atoms. The predicted octanol–water partition coefficient (Wildman–Crippen LogP) is 3.08. The summed E-state index contributed by atoms with van der Waals surface area (Å²) < 4.78 is 5.55. The number of rotatable bonds is 8. The number of urea groups is 1. The number of nitriles is 1. The lowest BCUT2D eigenvalue weighted by atomic mass is 9.90. The highest BCUT2D eigenvalue weighted by Crippen LogP contribution is 2.30. The predicted molar refractivity (Wildman–Crippen MR) is 115 cm³/mol. The van der Waals surface area contributed by atoms with E-state index in [-0.39, 0.29) is 13.2 Å². The maximum absolute atomic E-state index is 13.0. The van der Waals surface area contributed by atoms with Crippen molar-refractivity contribution < 1.29 is 19.4 Å². The van der Waals surface area contributed by atoms with Crippen molar-refractivity contribution in [2.45, 2.75) is 44.8 Å². The van der Waals surface area contributed by atoms with Crippen LogP contribution >= 0.6 is 0 Å². The summed E-state index contributed by atoms with van der Waals surface area (Å²) in [5.41, 5.74) is 1.54. The topological polar surface area (TPSA) is 103 Å². The second-order valence-corrected chi connectivity index (χ2v) is 8.19. The maximum atomic E-state index is 13.0. The monoisotopic (exact) mass is 421 g/mol. The Morgan fingerprint density at radius 3 is 2.35 bits per heavy atom. The summed E-state index contributed by atoms with van der Waals surface area (Å²) >= 11 is 0. The van der Waals surface area contributed by atoms with E-state index in [4.69, 9.17) is 10.00 Å². The Kier molecular flexibility index (Phi) is 6.62. The lowest BCUT2D eigenvalue weighted by Crippen LogP contribution is -2.42. The van der Waals surface area contributed by atoms with Crippen LogP contribution in [0.2, 0.25) is 0 Å². The number of carbonyl (C=O) groups excluding carboxylic acids is 2. The Labute approximate surface area is 182 Å². The van der Waals surface area contributed by atoms with Crippen LogP contribution in [0.4, 0.5) is 4.79 Å². The van der Waals surface area contributed by atoms with Gasteiger partial charge in [-0.15, -0.1) is 0 Å². The van der Waals surface area contributed by atoms with Crippen LogP contribution in [0.1, 0.15) is 43.4 Å². The van der Waals surface area contributed by atoms with Gasteiger partial charge >= 0.3 is 6.03 Å². The summed E-state index contributed by atoms with van der Waals surface area (Å²) in [4.78, 5) is 26.5. The smallest absolute Gasteiger partial charge is 0.325 e. The minimum absolute atomic E-state index is 0.0749. The van der Waals surface area contributed by atoms with E-state index in [2.05, 4.69) is 25.2 Å². The van der Waals surface area contributed by atoms with Gasteiger partial charge in [0.05, 0.1) is 19.0 Å². The van der Waals surface area contributed by atoms with Crippen molar-refractivity contribution in [1.82, 2.24) is 10.2 Å². The first kappa shape index (κ1) is 22.3. The molecule has 1 aliphatic heterocycles. The van der Waals surface area contributed by atoms with Gasteiger partial charge in [-0.05, 0) is 41.7 Å². The van der Waals surface area contributed by atoms with Crippen molar-refractivity contribution in [2.24, 2.45) is 0 Å². The third-order valence-electron chi connectivity index (χ3n) is 5.47. The van der Waals surface area contributed by atoms with E-state index in [1.807, 2.05) is 24.3 Å². The summed E-state index contributed by atoms with van der Waals surface area (Å²) in [6.07, 6.45) is -0.729. The van der Waals surface area contributed by atoms with Gasteiger partial charge in [-0.25, -0.2) is 4.79 Å². The molecule has 0 aromatic heterocycles. The third-order valence-corrected chi connectivity index (χ3v) is 5.47. The van der Waals surface area contributed by atoms with Crippen LogP contribution in [0.25, 0.3) is 0 Å². The molecule has 0 spiro atoms. The number of aliphatic hydroxyl groups excluding tert-OH is 1. The molecule has 31 heavy (non-hydrogen) atoms. The van der Waals surface area contributed by atoms with Gasteiger partial charge in [-0.2, -0.15) is 5.26 Å². The van der Waals surface area contributed by atoms with Crippen LogP contribution < -0.4 is 10.1 Å². The summed E-state index contributed by atoms with van der Waals surface area (Å²) in [6, 6.07) is 16.1. The zero-order chi connectivity index (χ0) is 22.6. The molecule has 1 fully saturated rings. The van der Waals surface area contributed by atoms with E-state index >= 15 is 0 Å². The average molecular weight is 421 g/mol. The molecule has 7 nitrogen and oxygen atoms in total. The van der Waals surface area contributed by atoms with Crippen LogP contribution in [0, 0.1) is 11.3 Å². The van der Waals surface area contributed by atoms with Crippen LogP contribution in [-0.2, 0) is 16.8 Å². The molecule has 0 saturated carbocycles. The molecule has 2 atom stereocenters. The van der Waals surface area contributed by atoms with Crippen molar-refractivity contribution in [3.8, 4) is 11.8 Å². The SMILES string of the molecule is CC(C)c1ccc([C@@]2(C)NC(=O)N(C[C@@H](O)COc3ccc(CC#N)cc3)C2=O)cc1. The molecule has 1 heterocycles. The molecule has 2 aromatic rings. The van der Waals surface area contributed by atoms with Gasteiger partial charge < -0.3 is 15.2 Å². The number of nitrogens with zero attached hydrogens (tertiary/aromatic N) is 2. The van der Waals surface area contributed by atoms with Crippen LogP contribution in [0.5, 0.6) is 5.75 Å². The van der Waals surface area contributed by atoms with E-state index in [0.717, 1.165) is 16.0 Å². The second kappa shape index (κ2) is 9.19. The van der Waals surface area contributed by atoms with E-state index in [1.54, 1.807) is 31.2 Å². The van der Waals surface area contributed by atoms with E-state index in [1.165, 1.54) is 0 Å². The highest BCUT2D eigenvalue weighted by atomic mass is 16.5. The number of carbonyl (C=O) groups is 2. The summed E-state index contributed by atoms with van der Waals surface area (Å²) in [5, 5.41) is 21.8. The van der Waals surface area contributed by atoms with Crippen molar-refractivity contribution in [3.05, 3.63) is 65.2 Å². The fourth-order valence-electron chi connectivity index (χ4n) is 3.51. The zero-order valence-corrected chi connectivity index (χ0v) is 18.0. The fraction of sp³-hybridized carbons (Fsp3) is 0.375. The molecule has 1 aliphatic rings. The molecular formula is C24H27N3O4. The number of ether oxygens (including phenoxy) is 1. The highest BCUT2D eigenvalue weighted by molar-refractivity contribution is 6.07. The van der Waals surface area contributed by atoms with Gasteiger partial charge in [-0.3, -0.25) is 9.69 Å². The second-order valence-electron chi connectivity index (χ2n) is 8.19. The Hall–Kier alpha value is -3.37. The Morgan fingerprint density at radius 1 is 1.13 bits per heavy atom. The normalized spacial score (nSPS) is 19.3. The maximum Gasteiger partial charge on any atom is 0.325 e. The molecule has 0 unspecified atom stereocenters. The highest BCUT2D eigenvalue weighted by Gasteiger charge is 2.49. The van der Waals surface area contributed by atoms with Gasteiger partial charge in [0.2, 0.25) is 0 Å². The van der Waals surface area contributed by atoms with Crippen LogP contribution in [0.3, 0.4) is 0 Å². The van der Waals surface area contributed by atoms with Gasteiger partial charge in [-0.1, -0.05) is 50.2 Å². The van der Waals surface area contributed by atoms with Crippen molar-refractivity contribution in [2.75, 3.05) is 13.2 Å². The third kappa shape index (κ3) is 4.86. The van der Waals surface area contributed by atoms with Crippen LogP contribution in [0.15, 0.2) is 48.5 Å². The van der Waals surface area contributed by atoms with E-state index < -0.39 is 23.6 Å². The first-order valence-corrected chi connectivity index (χ1v) is 10.3. The molecule has 2 aromatic carbocycles. The fourth-order valence-corrected chi connectivity index (χ4v) is 3.51. The average Bonchev–Trinajstić information content (AvgIpc) is 2.97. The standard InChI is InChI=1S/C24H27N3O4/c1-16(2)18-6-8-19(9-7-18)24(3)22(29)27(23(30)26-24)14-20(28)15-31-21-10-4-17(5-11-21)12-13-25/h4-11,16,20,28H,12,14-15H2,1-3H3,(H,26,30)/t20-,24-/m1/s1. The summed E-state index contributed by atoms with van der Waals surface area (Å²) in [7, 11) is 0. The van der Waals surface area contributed by atoms with Crippen molar-refractivity contribution in [3.63, 3.8) is 0 Å². The largest absolute Gasteiger partial charge is 0.491 e. The zero-order valence-electron chi connectivity index (χ0n) is 18.0. The number of hydrogen-bond acceptors (Lipinski definition) is 5. The molecule has 3 rings (SSSR count). The minimum Gasteiger partial charge on any atom is -0.491 e.